The van der Waals surface area contributed by atoms with Gasteiger partial charge in [-0.1, -0.05) is 26.7 Å². The highest BCUT2D eigenvalue weighted by Crippen LogP contribution is 2.39. The molecular formula is C13H24N4. The van der Waals surface area contributed by atoms with Crippen LogP contribution in [0.4, 0.5) is 0 Å². The van der Waals surface area contributed by atoms with Crippen LogP contribution in [-0.2, 0) is 6.54 Å². The molecular weight excluding hydrogens is 212 g/mol. The number of nitrogens with two attached hydrogens (primary N) is 1. The molecule has 1 saturated carbocycles. The Bertz CT molecular complexity index is 348. The summed E-state index contributed by atoms with van der Waals surface area (Å²) in [5, 5.41) is 8.69. The number of rotatable bonds is 7. The van der Waals surface area contributed by atoms with Crippen LogP contribution < -0.4 is 5.73 Å². The molecule has 17 heavy (non-hydrogen) atoms. The van der Waals surface area contributed by atoms with Gasteiger partial charge in [0.25, 0.3) is 0 Å². The molecule has 1 heterocycles. The first kappa shape index (κ1) is 12.6. The molecule has 1 aromatic heterocycles. The van der Waals surface area contributed by atoms with Gasteiger partial charge in [-0.2, -0.15) is 0 Å². The molecule has 0 amide bonds. The molecule has 0 atom stereocenters. The Hall–Kier alpha value is -0.900. The van der Waals surface area contributed by atoms with Crippen molar-refractivity contribution in [2.75, 3.05) is 0 Å². The van der Waals surface area contributed by atoms with Crippen molar-refractivity contribution in [3.05, 3.63) is 11.6 Å². The van der Waals surface area contributed by atoms with Gasteiger partial charge in [0.05, 0.1) is 6.54 Å². The molecule has 0 aliphatic heterocycles. The maximum absolute atomic E-state index is 5.75. The highest BCUT2D eigenvalue weighted by Gasteiger charge is 2.31. The fraction of sp³-hybridized carbons (Fsp3) is 0.846. The van der Waals surface area contributed by atoms with Gasteiger partial charge < -0.3 is 10.3 Å². The Morgan fingerprint density at radius 1 is 1.24 bits per heavy atom. The van der Waals surface area contributed by atoms with Crippen LogP contribution in [0.1, 0.15) is 76.0 Å². The Balaban J connectivity index is 2.25. The zero-order chi connectivity index (χ0) is 12.3. The molecule has 0 aromatic carbocycles. The topological polar surface area (TPSA) is 56.7 Å². The van der Waals surface area contributed by atoms with Gasteiger partial charge in [0.2, 0.25) is 0 Å². The first-order valence-corrected chi connectivity index (χ1v) is 6.95. The fourth-order valence-electron chi connectivity index (χ4n) is 2.59. The second-order valence-corrected chi connectivity index (χ2v) is 5.05. The SMILES string of the molecule is CCCC(CCC)c1nnc(CN)n1C1CC1. The monoisotopic (exact) mass is 236 g/mol. The number of hydrogen-bond acceptors (Lipinski definition) is 3. The predicted molar refractivity (Wildman–Crippen MR) is 68.7 cm³/mol. The van der Waals surface area contributed by atoms with Gasteiger partial charge in [-0.15, -0.1) is 10.2 Å². The molecule has 2 N–H and O–H groups in total. The zero-order valence-corrected chi connectivity index (χ0v) is 11.0. The van der Waals surface area contributed by atoms with Crippen LogP contribution in [0.3, 0.4) is 0 Å². The average Bonchev–Trinajstić information content (AvgIpc) is 3.08. The van der Waals surface area contributed by atoms with E-state index >= 15 is 0 Å². The summed E-state index contributed by atoms with van der Waals surface area (Å²) in [6, 6.07) is 0.634. The van der Waals surface area contributed by atoms with Crippen LogP contribution in [0.15, 0.2) is 0 Å². The summed E-state index contributed by atoms with van der Waals surface area (Å²) < 4.78 is 2.33. The van der Waals surface area contributed by atoms with E-state index in [0.717, 1.165) is 5.82 Å². The molecule has 0 radical (unpaired) electrons. The lowest BCUT2D eigenvalue weighted by atomic mass is 9.97. The third-order valence-corrected chi connectivity index (χ3v) is 3.53. The van der Waals surface area contributed by atoms with Crippen molar-refractivity contribution in [3.63, 3.8) is 0 Å². The molecule has 4 heteroatoms. The van der Waals surface area contributed by atoms with Crippen LogP contribution in [0.2, 0.25) is 0 Å². The van der Waals surface area contributed by atoms with E-state index in [4.69, 9.17) is 5.73 Å². The van der Waals surface area contributed by atoms with Crippen LogP contribution in [0, 0.1) is 0 Å². The maximum Gasteiger partial charge on any atom is 0.147 e. The largest absolute Gasteiger partial charge is 0.324 e. The Kier molecular flexibility index (Phi) is 4.15. The van der Waals surface area contributed by atoms with Crippen molar-refractivity contribution >= 4 is 0 Å². The van der Waals surface area contributed by atoms with Gasteiger partial charge in [0, 0.05) is 12.0 Å². The minimum absolute atomic E-state index is 0.508. The number of aromatic nitrogens is 3. The van der Waals surface area contributed by atoms with E-state index in [2.05, 4.69) is 28.6 Å². The molecule has 1 aliphatic rings. The highest BCUT2D eigenvalue weighted by atomic mass is 15.3. The molecule has 0 spiro atoms. The Morgan fingerprint density at radius 2 is 1.88 bits per heavy atom. The van der Waals surface area contributed by atoms with Gasteiger partial charge in [0.15, 0.2) is 0 Å². The molecule has 0 unspecified atom stereocenters. The predicted octanol–water partition coefficient (Wildman–Crippen LogP) is 2.76. The minimum atomic E-state index is 0.508. The summed E-state index contributed by atoms with van der Waals surface area (Å²) in [4.78, 5) is 0. The maximum atomic E-state index is 5.75. The van der Waals surface area contributed by atoms with Gasteiger partial charge in [-0.25, -0.2) is 0 Å². The second-order valence-electron chi connectivity index (χ2n) is 5.05. The molecule has 0 bridgehead atoms. The molecule has 4 nitrogen and oxygen atoms in total. The van der Waals surface area contributed by atoms with Gasteiger partial charge in [-0.05, 0) is 25.7 Å². The molecule has 2 rings (SSSR count). The van der Waals surface area contributed by atoms with Crippen molar-refractivity contribution < 1.29 is 0 Å². The standard InChI is InChI=1S/C13H24N4/c1-3-5-10(6-4-2)13-16-15-12(9-14)17(13)11-7-8-11/h10-11H,3-9,14H2,1-2H3. The third kappa shape index (κ3) is 2.68. The van der Waals surface area contributed by atoms with Crippen LogP contribution in [-0.4, -0.2) is 14.8 Å². The summed E-state index contributed by atoms with van der Waals surface area (Å²) in [6.45, 7) is 4.99. The lowest BCUT2D eigenvalue weighted by molar-refractivity contribution is 0.498. The highest BCUT2D eigenvalue weighted by molar-refractivity contribution is 5.07. The van der Waals surface area contributed by atoms with E-state index in [0.29, 0.717) is 18.5 Å². The quantitative estimate of drug-likeness (QED) is 0.792. The van der Waals surface area contributed by atoms with Crippen molar-refractivity contribution in [3.8, 4) is 0 Å². The average molecular weight is 236 g/mol. The summed E-state index contributed by atoms with van der Waals surface area (Å²) in [7, 11) is 0. The lowest BCUT2D eigenvalue weighted by Gasteiger charge is -2.16. The molecule has 1 fully saturated rings. The van der Waals surface area contributed by atoms with Gasteiger partial charge in [0.1, 0.15) is 11.6 Å². The van der Waals surface area contributed by atoms with Crippen molar-refractivity contribution in [2.24, 2.45) is 5.73 Å². The summed E-state index contributed by atoms with van der Waals surface area (Å²) >= 11 is 0. The van der Waals surface area contributed by atoms with E-state index in [-0.39, 0.29) is 0 Å². The zero-order valence-electron chi connectivity index (χ0n) is 11.0. The van der Waals surface area contributed by atoms with Gasteiger partial charge in [-0.3, -0.25) is 0 Å². The smallest absolute Gasteiger partial charge is 0.147 e. The Morgan fingerprint density at radius 3 is 2.35 bits per heavy atom. The summed E-state index contributed by atoms with van der Waals surface area (Å²) in [6.07, 6.45) is 7.37. The van der Waals surface area contributed by atoms with E-state index < -0.39 is 0 Å². The van der Waals surface area contributed by atoms with E-state index in [1.165, 1.54) is 44.3 Å². The summed E-state index contributed by atoms with van der Waals surface area (Å²) in [5.41, 5.74) is 5.75. The van der Waals surface area contributed by atoms with Crippen LogP contribution >= 0.6 is 0 Å². The minimum Gasteiger partial charge on any atom is -0.324 e. The van der Waals surface area contributed by atoms with Crippen LogP contribution in [0.5, 0.6) is 0 Å². The van der Waals surface area contributed by atoms with E-state index in [1.54, 1.807) is 0 Å². The Labute approximate surface area is 104 Å². The van der Waals surface area contributed by atoms with Crippen molar-refractivity contribution in [1.29, 1.82) is 0 Å². The second kappa shape index (κ2) is 5.63. The molecule has 96 valence electrons. The first-order valence-electron chi connectivity index (χ1n) is 6.95. The molecule has 1 aliphatic carbocycles. The first-order chi connectivity index (χ1) is 8.31. The van der Waals surface area contributed by atoms with E-state index in [1.807, 2.05) is 0 Å². The van der Waals surface area contributed by atoms with Crippen molar-refractivity contribution in [1.82, 2.24) is 14.8 Å². The van der Waals surface area contributed by atoms with Gasteiger partial charge >= 0.3 is 0 Å². The number of hydrogen-bond donors (Lipinski definition) is 1. The summed E-state index contributed by atoms with van der Waals surface area (Å²) in [5.74, 6) is 2.73. The van der Waals surface area contributed by atoms with Crippen molar-refractivity contribution in [2.45, 2.75) is 70.9 Å². The van der Waals surface area contributed by atoms with E-state index in [9.17, 15) is 0 Å². The third-order valence-electron chi connectivity index (χ3n) is 3.53. The molecule has 0 saturated heterocycles. The fourth-order valence-corrected chi connectivity index (χ4v) is 2.59. The normalized spacial score (nSPS) is 15.8. The molecule has 1 aromatic rings. The lowest BCUT2D eigenvalue weighted by Crippen LogP contribution is -2.13. The van der Waals surface area contributed by atoms with Crippen LogP contribution in [0.25, 0.3) is 0 Å². The number of nitrogens with zero attached hydrogens (tertiary/aromatic N) is 3.